The highest BCUT2D eigenvalue weighted by atomic mass is 35.5. The van der Waals surface area contributed by atoms with Gasteiger partial charge in [-0.2, -0.15) is 0 Å². The predicted molar refractivity (Wildman–Crippen MR) is 96.8 cm³/mol. The molecule has 0 aliphatic carbocycles. The fourth-order valence-corrected chi connectivity index (χ4v) is 3.26. The van der Waals surface area contributed by atoms with Crippen molar-refractivity contribution in [1.82, 2.24) is 10.3 Å². The molecule has 0 saturated heterocycles. The van der Waals surface area contributed by atoms with Gasteiger partial charge in [-0.15, -0.1) is 0 Å². The van der Waals surface area contributed by atoms with Gasteiger partial charge < -0.3 is 19.8 Å². The summed E-state index contributed by atoms with van der Waals surface area (Å²) in [6.07, 6.45) is 2.73. The van der Waals surface area contributed by atoms with Crippen LogP contribution in [0.3, 0.4) is 0 Å². The van der Waals surface area contributed by atoms with Crippen LogP contribution in [0.2, 0.25) is 5.02 Å². The first-order chi connectivity index (χ1) is 12.2. The van der Waals surface area contributed by atoms with Crippen molar-refractivity contribution in [2.45, 2.75) is 6.42 Å². The topological polar surface area (TPSA) is 63.4 Å². The number of hydrogen-bond acceptors (Lipinski definition) is 3. The van der Waals surface area contributed by atoms with Crippen molar-refractivity contribution in [2.75, 3.05) is 19.8 Å². The van der Waals surface area contributed by atoms with Crippen molar-refractivity contribution in [3.05, 3.63) is 58.7 Å². The summed E-state index contributed by atoms with van der Waals surface area (Å²) >= 11 is 6.18. The van der Waals surface area contributed by atoms with Crippen molar-refractivity contribution in [3.63, 3.8) is 0 Å². The van der Waals surface area contributed by atoms with Gasteiger partial charge in [0, 0.05) is 29.2 Å². The fourth-order valence-electron chi connectivity index (χ4n) is 2.99. The van der Waals surface area contributed by atoms with Gasteiger partial charge in [-0.25, -0.2) is 0 Å². The van der Waals surface area contributed by atoms with Gasteiger partial charge in [-0.3, -0.25) is 4.79 Å². The zero-order chi connectivity index (χ0) is 17.2. The average Bonchev–Trinajstić information content (AvgIpc) is 3.05. The van der Waals surface area contributed by atoms with E-state index in [2.05, 4.69) is 16.4 Å². The lowest BCUT2D eigenvalue weighted by atomic mass is 10.1. The maximum atomic E-state index is 12.4. The minimum Gasteiger partial charge on any atom is -0.486 e. The van der Waals surface area contributed by atoms with Crippen LogP contribution in [-0.4, -0.2) is 30.6 Å². The summed E-state index contributed by atoms with van der Waals surface area (Å²) in [5.74, 6) is 0.836. The Balaban J connectivity index is 1.43. The number of halogens is 1. The molecule has 0 atom stereocenters. The number of H-pyrrole nitrogens is 1. The van der Waals surface area contributed by atoms with E-state index < -0.39 is 0 Å². The molecule has 1 aliphatic rings. The van der Waals surface area contributed by atoms with Gasteiger partial charge in [0.15, 0.2) is 11.5 Å². The molecule has 6 heteroatoms. The van der Waals surface area contributed by atoms with Crippen LogP contribution >= 0.6 is 11.6 Å². The summed E-state index contributed by atoms with van der Waals surface area (Å²) in [6.45, 7) is 1.45. The third kappa shape index (κ3) is 3.15. The van der Waals surface area contributed by atoms with Crippen LogP contribution in [0.15, 0.2) is 42.6 Å². The molecule has 2 N–H and O–H groups in total. The molecule has 128 valence electrons. The number of para-hydroxylation sites is 1. The highest BCUT2D eigenvalue weighted by molar-refractivity contribution is 6.32. The molecule has 0 unspecified atom stereocenters. The SMILES string of the molecule is O=C(NCCc1c[nH]c2ccccc12)c1cc(Cl)c2c(c1)OCCO2. The van der Waals surface area contributed by atoms with E-state index in [1.54, 1.807) is 12.1 Å². The van der Waals surface area contributed by atoms with E-state index in [1.165, 1.54) is 10.9 Å². The molecule has 2 heterocycles. The summed E-state index contributed by atoms with van der Waals surface area (Å²) in [6, 6.07) is 11.4. The van der Waals surface area contributed by atoms with Gasteiger partial charge in [0.05, 0.1) is 5.02 Å². The molecule has 0 fully saturated rings. The maximum absolute atomic E-state index is 12.4. The van der Waals surface area contributed by atoms with E-state index in [1.807, 2.05) is 24.4 Å². The summed E-state index contributed by atoms with van der Waals surface area (Å²) in [7, 11) is 0. The van der Waals surface area contributed by atoms with E-state index >= 15 is 0 Å². The first-order valence-electron chi connectivity index (χ1n) is 8.15. The molecule has 0 spiro atoms. The zero-order valence-electron chi connectivity index (χ0n) is 13.5. The lowest BCUT2D eigenvalue weighted by Gasteiger charge is -2.20. The summed E-state index contributed by atoms with van der Waals surface area (Å²) in [4.78, 5) is 15.6. The highest BCUT2D eigenvalue weighted by Gasteiger charge is 2.19. The second-order valence-corrected chi connectivity index (χ2v) is 6.25. The van der Waals surface area contributed by atoms with Crippen LogP contribution in [0, 0.1) is 0 Å². The monoisotopic (exact) mass is 356 g/mol. The van der Waals surface area contributed by atoms with Crippen molar-refractivity contribution < 1.29 is 14.3 Å². The summed E-state index contributed by atoms with van der Waals surface area (Å²) < 4.78 is 11.0. The number of aromatic nitrogens is 1. The molecule has 0 radical (unpaired) electrons. The van der Waals surface area contributed by atoms with Crippen LogP contribution in [0.1, 0.15) is 15.9 Å². The van der Waals surface area contributed by atoms with Gasteiger partial charge in [0.1, 0.15) is 13.2 Å². The van der Waals surface area contributed by atoms with Gasteiger partial charge in [0.25, 0.3) is 5.91 Å². The van der Waals surface area contributed by atoms with E-state index in [9.17, 15) is 4.79 Å². The zero-order valence-corrected chi connectivity index (χ0v) is 14.2. The number of carbonyl (C=O) groups excluding carboxylic acids is 1. The summed E-state index contributed by atoms with van der Waals surface area (Å²) in [5, 5.41) is 4.50. The van der Waals surface area contributed by atoms with Crippen LogP contribution in [-0.2, 0) is 6.42 Å². The van der Waals surface area contributed by atoms with E-state index in [-0.39, 0.29) is 5.91 Å². The first kappa shape index (κ1) is 15.8. The Morgan fingerprint density at radius 1 is 1.20 bits per heavy atom. The second kappa shape index (κ2) is 6.69. The Kier molecular flexibility index (Phi) is 4.24. The smallest absolute Gasteiger partial charge is 0.251 e. The van der Waals surface area contributed by atoms with Gasteiger partial charge >= 0.3 is 0 Å². The van der Waals surface area contributed by atoms with E-state index in [4.69, 9.17) is 21.1 Å². The van der Waals surface area contributed by atoms with E-state index in [0.29, 0.717) is 41.8 Å². The Bertz CT molecular complexity index is 936. The van der Waals surface area contributed by atoms with Gasteiger partial charge in [0.2, 0.25) is 0 Å². The molecule has 5 nitrogen and oxygen atoms in total. The van der Waals surface area contributed by atoms with Crippen molar-refractivity contribution >= 4 is 28.4 Å². The number of aromatic amines is 1. The van der Waals surface area contributed by atoms with Crippen LogP contribution in [0.4, 0.5) is 0 Å². The first-order valence-corrected chi connectivity index (χ1v) is 8.52. The van der Waals surface area contributed by atoms with Crippen LogP contribution in [0.5, 0.6) is 11.5 Å². The fraction of sp³-hybridized carbons (Fsp3) is 0.211. The maximum Gasteiger partial charge on any atom is 0.251 e. The normalized spacial score (nSPS) is 13.0. The molecule has 2 aromatic carbocycles. The third-order valence-corrected chi connectivity index (χ3v) is 4.49. The number of amides is 1. The lowest BCUT2D eigenvalue weighted by Crippen LogP contribution is -2.26. The van der Waals surface area contributed by atoms with Gasteiger partial charge in [-0.05, 0) is 30.2 Å². The number of benzene rings is 2. The Morgan fingerprint density at radius 3 is 2.96 bits per heavy atom. The summed E-state index contributed by atoms with van der Waals surface area (Å²) in [5.41, 5.74) is 2.74. The number of ether oxygens (including phenoxy) is 2. The second-order valence-electron chi connectivity index (χ2n) is 5.85. The highest BCUT2D eigenvalue weighted by Crippen LogP contribution is 2.38. The Morgan fingerprint density at radius 2 is 2.04 bits per heavy atom. The van der Waals surface area contributed by atoms with Crippen molar-refractivity contribution in [1.29, 1.82) is 0 Å². The molecule has 0 saturated carbocycles. The molecule has 0 bridgehead atoms. The third-order valence-electron chi connectivity index (χ3n) is 4.21. The molecule has 1 aromatic heterocycles. The van der Waals surface area contributed by atoms with E-state index in [0.717, 1.165) is 11.9 Å². The molecule has 4 rings (SSSR count). The standard InChI is InChI=1S/C19H17ClN2O3/c20-15-9-13(10-17-18(15)25-8-7-24-17)19(23)21-6-5-12-11-22-16-4-2-1-3-14(12)16/h1-4,9-11,22H,5-8H2,(H,21,23). The Labute approximate surface area is 149 Å². The van der Waals surface area contributed by atoms with Gasteiger partial charge in [-0.1, -0.05) is 29.8 Å². The lowest BCUT2D eigenvalue weighted by molar-refractivity contribution is 0.0953. The van der Waals surface area contributed by atoms with Crippen molar-refractivity contribution in [2.24, 2.45) is 0 Å². The minimum absolute atomic E-state index is 0.182. The number of nitrogens with one attached hydrogen (secondary N) is 2. The quantitative estimate of drug-likeness (QED) is 0.751. The van der Waals surface area contributed by atoms with Crippen LogP contribution < -0.4 is 14.8 Å². The molecule has 3 aromatic rings. The number of hydrogen-bond donors (Lipinski definition) is 2. The predicted octanol–water partition coefficient (Wildman–Crippen LogP) is 3.57. The largest absolute Gasteiger partial charge is 0.486 e. The van der Waals surface area contributed by atoms with Crippen LogP contribution in [0.25, 0.3) is 10.9 Å². The molecular formula is C19H17ClN2O3. The number of rotatable bonds is 4. The molecule has 1 amide bonds. The molecule has 25 heavy (non-hydrogen) atoms. The Hall–Kier alpha value is -2.66. The number of fused-ring (bicyclic) bond motifs is 2. The minimum atomic E-state index is -0.182. The number of carbonyl (C=O) groups is 1. The molecule has 1 aliphatic heterocycles. The van der Waals surface area contributed by atoms with Crippen molar-refractivity contribution in [3.8, 4) is 11.5 Å². The molecular weight excluding hydrogens is 340 g/mol. The average molecular weight is 357 g/mol.